The van der Waals surface area contributed by atoms with E-state index < -0.39 is 16.1 Å². The van der Waals surface area contributed by atoms with Gasteiger partial charge in [0.1, 0.15) is 18.1 Å². The molecular formula is C26H28N2O5S. The Morgan fingerprint density at radius 2 is 1.79 bits per heavy atom. The number of aryl methyl sites for hydroxylation is 2. The minimum atomic E-state index is -3.74. The first-order chi connectivity index (χ1) is 16.3. The van der Waals surface area contributed by atoms with Gasteiger partial charge in [-0.25, -0.2) is 8.42 Å². The smallest absolute Gasteiger partial charge is 0.263 e. The third-order valence-electron chi connectivity index (χ3n) is 5.56. The van der Waals surface area contributed by atoms with Gasteiger partial charge in [0.05, 0.1) is 24.5 Å². The Kier molecular flexibility index (Phi) is 7.07. The average molecular weight is 481 g/mol. The molecule has 1 aliphatic heterocycles. The SMILES string of the molecule is Cc1ccc(C)c(OCCNC(=O)[C@@H]2CN(S(=O)(=O)Cc3ccccc3)c3ccccc3O2)c1. The lowest BCUT2D eigenvalue weighted by Crippen LogP contribution is -2.51. The normalized spacial score (nSPS) is 15.2. The number of nitrogens with zero attached hydrogens (tertiary/aromatic N) is 1. The van der Waals surface area contributed by atoms with Crippen molar-refractivity contribution in [2.45, 2.75) is 25.7 Å². The minimum Gasteiger partial charge on any atom is -0.491 e. The maximum Gasteiger partial charge on any atom is 0.263 e. The molecule has 34 heavy (non-hydrogen) atoms. The molecule has 178 valence electrons. The first-order valence-electron chi connectivity index (χ1n) is 11.1. The molecule has 0 unspecified atom stereocenters. The lowest BCUT2D eigenvalue weighted by atomic mass is 10.1. The van der Waals surface area contributed by atoms with E-state index in [1.807, 2.05) is 38.1 Å². The Morgan fingerprint density at radius 3 is 2.59 bits per heavy atom. The Morgan fingerprint density at radius 1 is 1.06 bits per heavy atom. The van der Waals surface area contributed by atoms with Crippen molar-refractivity contribution in [2.24, 2.45) is 0 Å². The number of hydrogen-bond acceptors (Lipinski definition) is 5. The van der Waals surface area contributed by atoms with Crippen LogP contribution in [0.25, 0.3) is 0 Å². The van der Waals surface area contributed by atoms with Crippen LogP contribution < -0.4 is 19.1 Å². The Labute approximate surface area is 200 Å². The third-order valence-corrected chi connectivity index (χ3v) is 7.27. The molecule has 7 nitrogen and oxygen atoms in total. The summed E-state index contributed by atoms with van der Waals surface area (Å²) < 4.78 is 39.5. The van der Waals surface area contributed by atoms with Gasteiger partial charge in [-0.1, -0.05) is 54.6 Å². The molecule has 0 aromatic heterocycles. The standard InChI is InChI=1S/C26H28N2O5S/c1-19-12-13-20(2)24(16-19)32-15-14-27-26(29)25-17-28(22-10-6-7-11-23(22)33-25)34(30,31)18-21-8-4-3-5-9-21/h3-13,16,25H,14-15,17-18H2,1-2H3,(H,27,29)/t25-/m0/s1. The summed E-state index contributed by atoms with van der Waals surface area (Å²) in [4.78, 5) is 12.9. The van der Waals surface area contributed by atoms with E-state index in [2.05, 4.69) is 5.32 Å². The fourth-order valence-corrected chi connectivity index (χ4v) is 5.36. The zero-order chi connectivity index (χ0) is 24.1. The second-order valence-electron chi connectivity index (χ2n) is 8.26. The summed E-state index contributed by atoms with van der Waals surface area (Å²) >= 11 is 0. The van der Waals surface area contributed by atoms with Gasteiger partial charge in [0, 0.05) is 0 Å². The van der Waals surface area contributed by atoms with Gasteiger partial charge in [-0.2, -0.15) is 0 Å². The second-order valence-corrected chi connectivity index (χ2v) is 10.1. The quantitative estimate of drug-likeness (QED) is 0.498. The molecular weight excluding hydrogens is 452 g/mol. The molecule has 4 rings (SSSR count). The fraction of sp³-hybridized carbons (Fsp3) is 0.269. The molecule has 3 aromatic carbocycles. The molecule has 0 fully saturated rings. The predicted octanol–water partition coefficient (Wildman–Crippen LogP) is 3.60. The Hall–Kier alpha value is -3.52. The minimum absolute atomic E-state index is 0.101. The number of carbonyl (C=O) groups is 1. The van der Waals surface area contributed by atoms with Crippen LogP contribution in [-0.2, 0) is 20.6 Å². The van der Waals surface area contributed by atoms with Gasteiger partial charge in [0.2, 0.25) is 10.0 Å². The monoisotopic (exact) mass is 480 g/mol. The van der Waals surface area contributed by atoms with Gasteiger partial charge >= 0.3 is 0 Å². The summed E-state index contributed by atoms with van der Waals surface area (Å²) in [6.45, 7) is 4.41. The number of para-hydroxylation sites is 2. The number of rotatable bonds is 8. The van der Waals surface area contributed by atoms with Crippen LogP contribution in [-0.4, -0.2) is 40.1 Å². The van der Waals surface area contributed by atoms with Crippen LogP contribution in [0.15, 0.2) is 72.8 Å². The van der Waals surface area contributed by atoms with Gasteiger partial charge in [-0.05, 0) is 48.7 Å². The van der Waals surface area contributed by atoms with Gasteiger partial charge < -0.3 is 14.8 Å². The summed E-state index contributed by atoms with van der Waals surface area (Å²) in [7, 11) is -3.74. The van der Waals surface area contributed by atoms with Crippen molar-refractivity contribution in [3.05, 3.63) is 89.5 Å². The second kappa shape index (κ2) is 10.2. The van der Waals surface area contributed by atoms with E-state index in [1.54, 1.807) is 48.5 Å². The van der Waals surface area contributed by atoms with Crippen LogP contribution >= 0.6 is 0 Å². The molecule has 8 heteroatoms. The van der Waals surface area contributed by atoms with Crippen molar-refractivity contribution in [2.75, 3.05) is 24.0 Å². The molecule has 0 saturated heterocycles. The summed E-state index contributed by atoms with van der Waals surface area (Å²) in [5.41, 5.74) is 3.22. The van der Waals surface area contributed by atoms with E-state index in [1.165, 1.54) is 4.31 Å². The molecule has 1 amide bonds. The topological polar surface area (TPSA) is 84.9 Å². The number of hydrogen-bond donors (Lipinski definition) is 1. The van der Waals surface area contributed by atoms with Crippen LogP contribution in [0.5, 0.6) is 11.5 Å². The summed E-state index contributed by atoms with van der Waals surface area (Å²) in [5.74, 6) is 0.576. The highest BCUT2D eigenvalue weighted by atomic mass is 32.2. The molecule has 0 aliphatic carbocycles. The molecule has 0 spiro atoms. The molecule has 3 aromatic rings. The summed E-state index contributed by atoms with van der Waals surface area (Å²) in [6.07, 6.45) is -0.971. The number of fused-ring (bicyclic) bond motifs is 1. The van der Waals surface area contributed by atoms with Crippen molar-refractivity contribution < 1.29 is 22.7 Å². The van der Waals surface area contributed by atoms with Crippen molar-refractivity contribution in [3.63, 3.8) is 0 Å². The lowest BCUT2D eigenvalue weighted by Gasteiger charge is -2.34. The van der Waals surface area contributed by atoms with Crippen LogP contribution in [0.4, 0.5) is 5.69 Å². The van der Waals surface area contributed by atoms with E-state index in [9.17, 15) is 13.2 Å². The van der Waals surface area contributed by atoms with Gasteiger partial charge in [-0.3, -0.25) is 9.10 Å². The first-order valence-corrected chi connectivity index (χ1v) is 12.7. The largest absolute Gasteiger partial charge is 0.491 e. The highest BCUT2D eigenvalue weighted by molar-refractivity contribution is 7.92. The van der Waals surface area contributed by atoms with E-state index in [0.29, 0.717) is 17.0 Å². The van der Waals surface area contributed by atoms with Crippen molar-refractivity contribution in [1.82, 2.24) is 5.32 Å². The van der Waals surface area contributed by atoms with E-state index in [0.717, 1.165) is 16.9 Å². The molecule has 1 atom stereocenters. The van der Waals surface area contributed by atoms with E-state index >= 15 is 0 Å². The molecule has 1 heterocycles. The van der Waals surface area contributed by atoms with Crippen molar-refractivity contribution >= 4 is 21.6 Å². The summed E-state index contributed by atoms with van der Waals surface area (Å²) in [5, 5.41) is 2.80. The maximum absolute atomic E-state index is 13.3. The fourth-order valence-electron chi connectivity index (χ4n) is 3.78. The number of carbonyl (C=O) groups excluding carboxylic acids is 1. The van der Waals surface area contributed by atoms with E-state index in [4.69, 9.17) is 9.47 Å². The average Bonchev–Trinajstić information content (AvgIpc) is 2.83. The van der Waals surface area contributed by atoms with Crippen LogP contribution in [0, 0.1) is 13.8 Å². The molecule has 0 radical (unpaired) electrons. The Balaban J connectivity index is 1.42. The van der Waals surface area contributed by atoms with Crippen LogP contribution in [0.1, 0.15) is 16.7 Å². The van der Waals surface area contributed by atoms with Crippen LogP contribution in [0.2, 0.25) is 0 Å². The zero-order valence-electron chi connectivity index (χ0n) is 19.2. The first kappa shape index (κ1) is 23.6. The van der Waals surface area contributed by atoms with Gasteiger partial charge in [0.25, 0.3) is 5.91 Å². The van der Waals surface area contributed by atoms with Gasteiger partial charge in [0.15, 0.2) is 6.10 Å². The van der Waals surface area contributed by atoms with Crippen LogP contribution in [0.3, 0.4) is 0 Å². The number of benzene rings is 3. The third kappa shape index (κ3) is 5.51. The van der Waals surface area contributed by atoms with Crippen molar-refractivity contribution in [1.29, 1.82) is 0 Å². The maximum atomic E-state index is 13.3. The number of sulfonamides is 1. The Bertz CT molecular complexity index is 1260. The van der Waals surface area contributed by atoms with E-state index in [-0.39, 0.29) is 31.4 Å². The molecule has 0 saturated carbocycles. The molecule has 0 bridgehead atoms. The number of ether oxygens (including phenoxy) is 2. The number of anilines is 1. The number of nitrogens with one attached hydrogen (secondary N) is 1. The molecule has 1 N–H and O–H groups in total. The highest BCUT2D eigenvalue weighted by Gasteiger charge is 2.36. The number of amides is 1. The zero-order valence-corrected chi connectivity index (χ0v) is 20.0. The van der Waals surface area contributed by atoms with Gasteiger partial charge in [-0.15, -0.1) is 0 Å². The lowest BCUT2D eigenvalue weighted by molar-refractivity contribution is -0.127. The molecule has 1 aliphatic rings. The predicted molar refractivity (Wildman–Crippen MR) is 132 cm³/mol. The highest BCUT2D eigenvalue weighted by Crippen LogP contribution is 2.35. The van der Waals surface area contributed by atoms with Crippen molar-refractivity contribution in [3.8, 4) is 11.5 Å². The summed E-state index contributed by atoms with van der Waals surface area (Å²) in [6, 6.07) is 21.8.